The van der Waals surface area contributed by atoms with Gasteiger partial charge < -0.3 is 15.5 Å². The molecule has 7 heteroatoms. The van der Waals surface area contributed by atoms with Crippen molar-refractivity contribution in [3.05, 3.63) is 54.2 Å². The van der Waals surface area contributed by atoms with Gasteiger partial charge in [-0.2, -0.15) is 5.10 Å². The fourth-order valence-corrected chi connectivity index (χ4v) is 2.97. The number of aromatic nitrogens is 2. The van der Waals surface area contributed by atoms with Crippen molar-refractivity contribution >= 4 is 34.1 Å². The summed E-state index contributed by atoms with van der Waals surface area (Å²) in [6.45, 7) is 1.78. The van der Waals surface area contributed by atoms with Gasteiger partial charge in [0, 0.05) is 29.9 Å². The second-order valence-corrected chi connectivity index (χ2v) is 5.91. The first-order valence-corrected chi connectivity index (χ1v) is 8.06. The van der Waals surface area contributed by atoms with Crippen LogP contribution in [0.3, 0.4) is 0 Å². The van der Waals surface area contributed by atoms with Crippen molar-refractivity contribution in [3.63, 3.8) is 0 Å². The normalized spacial score (nSPS) is 14.4. The molecule has 0 spiro atoms. The molecule has 2 heterocycles. The molecule has 1 aliphatic heterocycles. The van der Waals surface area contributed by atoms with Crippen molar-refractivity contribution in [2.75, 3.05) is 29.9 Å². The van der Waals surface area contributed by atoms with E-state index in [2.05, 4.69) is 20.8 Å². The summed E-state index contributed by atoms with van der Waals surface area (Å²) in [4.78, 5) is 26.0. The minimum Gasteiger partial charge on any atom is -0.360 e. The zero-order valence-electron chi connectivity index (χ0n) is 13.5. The second-order valence-electron chi connectivity index (χ2n) is 5.91. The summed E-state index contributed by atoms with van der Waals surface area (Å²) in [5.74, 6) is -0.170. The molecular formula is C18H17N5O2. The molecule has 1 aromatic heterocycles. The first kappa shape index (κ1) is 15.2. The molecular weight excluding hydrogens is 318 g/mol. The van der Waals surface area contributed by atoms with Gasteiger partial charge in [0.25, 0.3) is 5.91 Å². The molecule has 0 unspecified atom stereocenters. The fraction of sp³-hybridized carbons (Fsp3) is 0.167. The van der Waals surface area contributed by atoms with Crippen molar-refractivity contribution < 1.29 is 9.59 Å². The van der Waals surface area contributed by atoms with Gasteiger partial charge in [-0.25, -0.2) is 0 Å². The highest BCUT2D eigenvalue weighted by Gasteiger charge is 2.16. The smallest absolute Gasteiger partial charge is 0.257 e. The number of benzene rings is 2. The van der Waals surface area contributed by atoms with Crippen LogP contribution in [-0.4, -0.2) is 41.6 Å². The Morgan fingerprint density at radius 2 is 2.00 bits per heavy atom. The largest absolute Gasteiger partial charge is 0.360 e. The SMILES string of the molecule is O=C1CN(c2ccc(NC(=O)c3cccc4cn[nH]c34)cc2)CCN1. The van der Waals surface area contributed by atoms with Crippen molar-refractivity contribution in [3.8, 4) is 0 Å². The predicted molar refractivity (Wildman–Crippen MR) is 95.7 cm³/mol. The standard InChI is InChI=1S/C18H17N5O2/c24-16-11-23(9-8-19-16)14-6-4-13(5-7-14)21-18(25)15-3-1-2-12-10-20-22-17(12)15/h1-7,10H,8-9,11H2,(H,19,24)(H,20,22)(H,21,25). The molecule has 3 N–H and O–H groups in total. The third-order valence-electron chi connectivity index (χ3n) is 4.25. The molecule has 126 valence electrons. The second kappa shape index (κ2) is 6.27. The maximum atomic E-state index is 12.5. The van der Waals surface area contributed by atoms with E-state index in [-0.39, 0.29) is 11.8 Å². The Kier molecular flexibility index (Phi) is 3.81. The van der Waals surface area contributed by atoms with Crippen LogP contribution in [-0.2, 0) is 4.79 Å². The van der Waals surface area contributed by atoms with E-state index in [0.29, 0.717) is 24.3 Å². The number of nitrogens with zero attached hydrogens (tertiary/aromatic N) is 2. The summed E-state index contributed by atoms with van der Waals surface area (Å²) in [7, 11) is 0. The summed E-state index contributed by atoms with van der Waals surface area (Å²) in [5, 5.41) is 13.4. The highest BCUT2D eigenvalue weighted by molar-refractivity contribution is 6.11. The number of nitrogens with one attached hydrogen (secondary N) is 3. The van der Waals surface area contributed by atoms with E-state index in [1.54, 1.807) is 12.3 Å². The van der Waals surface area contributed by atoms with E-state index in [0.717, 1.165) is 23.1 Å². The predicted octanol–water partition coefficient (Wildman–Crippen LogP) is 1.75. The highest BCUT2D eigenvalue weighted by Crippen LogP contribution is 2.21. The molecule has 1 aliphatic rings. The average molecular weight is 335 g/mol. The van der Waals surface area contributed by atoms with Crippen LogP contribution in [0, 0.1) is 0 Å². The van der Waals surface area contributed by atoms with Crippen LogP contribution in [0.15, 0.2) is 48.7 Å². The molecule has 0 bridgehead atoms. The van der Waals surface area contributed by atoms with Crippen molar-refractivity contribution in [2.45, 2.75) is 0 Å². The number of aromatic amines is 1. The van der Waals surface area contributed by atoms with Gasteiger partial charge in [-0.15, -0.1) is 0 Å². The minimum atomic E-state index is -0.194. The molecule has 2 amide bonds. The van der Waals surface area contributed by atoms with Gasteiger partial charge in [-0.1, -0.05) is 12.1 Å². The Hall–Kier alpha value is -3.35. The zero-order chi connectivity index (χ0) is 17.2. The van der Waals surface area contributed by atoms with Crippen LogP contribution in [0.5, 0.6) is 0 Å². The molecule has 0 radical (unpaired) electrons. The monoisotopic (exact) mass is 335 g/mol. The van der Waals surface area contributed by atoms with Crippen molar-refractivity contribution in [2.24, 2.45) is 0 Å². The van der Waals surface area contributed by atoms with Gasteiger partial charge in [-0.05, 0) is 30.3 Å². The number of carbonyl (C=O) groups excluding carboxylic acids is 2. The minimum absolute atomic E-state index is 0.0243. The Morgan fingerprint density at radius 3 is 2.80 bits per heavy atom. The molecule has 0 aliphatic carbocycles. The summed E-state index contributed by atoms with van der Waals surface area (Å²) >= 11 is 0. The summed E-state index contributed by atoms with van der Waals surface area (Å²) in [5.41, 5.74) is 2.93. The summed E-state index contributed by atoms with van der Waals surface area (Å²) < 4.78 is 0. The van der Waals surface area contributed by atoms with Gasteiger partial charge in [-0.3, -0.25) is 14.7 Å². The molecule has 25 heavy (non-hydrogen) atoms. The lowest BCUT2D eigenvalue weighted by Gasteiger charge is -2.28. The molecule has 0 atom stereocenters. The van der Waals surface area contributed by atoms with Crippen LogP contribution in [0.4, 0.5) is 11.4 Å². The van der Waals surface area contributed by atoms with E-state index in [1.807, 2.05) is 41.3 Å². The van der Waals surface area contributed by atoms with Gasteiger partial charge >= 0.3 is 0 Å². The number of piperazine rings is 1. The van der Waals surface area contributed by atoms with E-state index >= 15 is 0 Å². The molecule has 2 aromatic carbocycles. The topological polar surface area (TPSA) is 90.1 Å². The molecule has 0 saturated carbocycles. The van der Waals surface area contributed by atoms with Crippen LogP contribution in [0.25, 0.3) is 10.9 Å². The fourth-order valence-electron chi connectivity index (χ4n) is 2.97. The van der Waals surface area contributed by atoms with Crippen molar-refractivity contribution in [1.82, 2.24) is 15.5 Å². The van der Waals surface area contributed by atoms with Crippen LogP contribution in [0.1, 0.15) is 10.4 Å². The van der Waals surface area contributed by atoms with Crippen molar-refractivity contribution in [1.29, 1.82) is 0 Å². The van der Waals surface area contributed by atoms with Gasteiger partial charge in [0.1, 0.15) is 0 Å². The van der Waals surface area contributed by atoms with Gasteiger partial charge in [0.05, 0.1) is 23.8 Å². The van der Waals surface area contributed by atoms with Crippen LogP contribution < -0.4 is 15.5 Å². The van der Waals surface area contributed by atoms with E-state index in [1.165, 1.54) is 0 Å². The average Bonchev–Trinajstić information content (AvgIpc) is 3.11. The Morgan fingerprint density at radius 1 is 1.16 bits per heavy atom. The molecule has 1 saturated heterocycles. The number of carbonyl (C=O) groups is 2. The van der Waals surface area contributed by atoms with E-state index < -0.39 is 0 Å². The molecule has 4 rings (SSSR count). The number of hydrogen-bond donors (Lipinski definition) is 3. The lowest BCUT2D eigenvalue weighted by atomic mass is 10.1. The molecule has 3 aromatic rings. The number of rotatable bonds is 3. The third-order valence-corrected chi connectivity index (χ3v) is 4.25. The first-order chi connectivity index (χ1) is 12.2. The van der Waals surface area contributed by atoms with Gasteiger partial charge in [0.2, 0.25) is 5.91 Å². The summed E-state index contributed by atoms with van der Waals surface area (Å²) in [6.07, 6.45) is 1.69. The first-order valence-electron chi connectivity index (χ1n) is 8.06. The maximum Gasteiger partial charge on any atom is 0.257 e. The molecule has 7 nitrogen and oxygen atoms in total. The van der Waals surface area contributed by atoms with E-state index in [9.17, 15) is 9.59 Å². The highest BCUT2D eigenvalue weighted by atomic mass is 16.2. The summed E-state index contributed by atoms with van der Waals surface area (Å²) in [6, 6.07) is 13.0. The van der Waals surface area contributed by atoms with Crippen LogP contribution in [0.2, 0.25) is 0 Å². The third kappa shape index (κ3) is 3.03. The Labute approximate surface area is 144 Å². The van der Waals surface area contributed by atoms with Crippen LogP contribution >= 0.6 is 0 Å². The van der Waals surface area contributed by atoms with E-state index in [4.69, 9.17) is 0 Å². The number of H-pyrrole nitrogens is 1. The zero-order valence-corrected chi connectivity index (χ0v) is 13.5. The maximum absolute atomic E-state index is 12.5. The number of anilines is 2. The van der Waals surface area contributed by atoms with Gasteiger partial charge in [0.15, 0.2) is 0 Å². The quantitative estimate of drug-likeness (QED) is 0.680. The number of amides is 2. The lowest BCUT2D eigenvalue weighted by Crippen LogP contribution is -2.47. The lowest BCUT2D eigenvalue weighted by molar-refractivity contribution is -0.120. The Bertz CT molecular complexity index is 932. The number of fused-ring (bicyclic) bond motifs is 1. The number of para-hydroxylation sites is 1. The molecule has 1 fully saturated rings. The number of hydrogen-bond acceptors (Lipinski definition) is 4. The Balaban J connectivity index is 1.50.